The molecule has 0 aromatic heterocycles. The minimum absolute atomic E-state index is 0. The lowest BCUT2D eigenvalue weighted by Crippen LogP contribution is -2.43. The van der Waals surface area contributed by atoms with Gasteiger partial charge >= 0.3 is 0 Å². The van der Waals surface area contributed by atoms with Gasteiger partial charge in [0, 0.05) is 17.6 Å². The molecule has 0 bridgehead atoms. The molecule has 122 valence electrons. The van der Waals surface area contributed by atoms with Crippen molar-refractivity contribution in [1.82, 2.24) is 16.0 Å². The van der Waals surface area contributed by atoms with E-state index >= 15 is 0 Å². The van der Waals surface area contributed by atoms with Gasteiger partial charge in [-0.3, -0.25) is 4.79 Å². The minimum atomic E-state index is 0. The number of rotatable bonds is 6. The van der Waals surface area contributed by atoms with Crippen molar-refractivity contribution in [2.75, 3.05) is 13.1 Å². The van der Waals surface area contributed by atoms with E-state index in [1.54, 1.807) is 0 Å². The van der Waals surface area contributed by atoms with Crippen LogP contribution in [0.4, 0.5) is 0 Å². The predicted octanol–water partition coefficient (Wildman–Crippen LogP) is 2.29. The first-order chi connectivity index (χ1) is 10.2. The number of amides is 1. The van der Waals surface area contributed by atoms with Gasteiger partial charge in [0.1, 0.15) is 0 Å². The van der Waals surface area contributed by atoms with Crippen LogP contribution in [0.15, 0.2) is 29.3 Å². The highest BCUT2D eigenvalue weighted by Crippen LogP contribution is 2.18. The largest absolute Gasteiger partial charge is 0.357 e. The number of nitrogens with zero attached hydrogens (tertiary/aromatic N) is 1. The van der Waals surface area contributed by atoms with Crippen LogP contribution in [0.3, 0.4) is 0 Å². The number of carbonyl (C=O) groups is 1. The summed E-state index contributed by atoms with van der Waals surface area (Å²) < 4.78 is 0. The molecule has 1 saturated carbocycles. The van der Waals surface area contributed by atoms with Crippen LogP contribution in [0.5, 0.6) is 0 Å². The Morgan fingerprint density at radius 3 is 2.55 bits per heavy atom. The molecular formula is C15H22ClIN4O. The van der Waals surface area contributed by atoms with Gasteiger partial charge in [0.2, 0.25) is 5.91 Å². The number of aliphatic imine (C=N–C) groups is 1. The van der Waals surface area contributed by atoms with Crippen molar-refractivity contribution < 1.29 is 4.79 Å². The quantitative estimate of drug-likeness (QED) is 0.364. The Hall–Kier alpha value is -1.02. The molecule has 0 atom stereocenters. The normalized spacial score (nSPS) is 14.0. The van der Waals surface area contributed by atoms with Crippen LogP contribution in [-0.2, 0) is 11.3 Å². The molecule has 5 nitrogen and oxygen atoms in total. The summed E-state index contributed by atoms with van der Waals surface area (Å²) in [5.74, 6) is 0.646. The molecule has 22 heavy (non-hydrogen) atoms. The number of benzene rings is 1. The van der Waals surface area contributed by atoms with Gasteiger partial charge < -0.3 is 16.0 Å². The standard InChI is InChI=1S/C15H21ClN4O.HI/c1-2-17-15(19-10-14(21)20-13-7-8-13)18-9-11-3-5-12(16)6-4-11;/h3-6,13H,2,7-10H2,1H3,(H,20,21)(H2,17,18,19);1H. The van der Waals surface area contributed by atoms with Crippen LogP contribution in [0.25, 0.3) is 0 Å². The van der Waals surface area contributed by atoms with Gasteiger partial charge in [0.05, 0.1) is 13.1 Å². The van der Waals surface area contributed by atoms with E-state index in [9.17, 15) is 4.79 Å². The molecule has 3 N–H and O–H groups in total. The number of halogens is 2. The highest BCUT2D eigenvalue weighted by Gasteiger charge is 2.22. The number of guanidine groups is 1. The Bertz CT molecular complexity index is 503. The van der Waals surface area contributed by atoms with Gasteiger partial charge in [-0.25, -0.2) is 4.99 Å². The van der Waals surface area contributed by atoms with E-state index in [-0.39, 0.29) is 36.4 Å². The molecule has 1 aromatic rings. The van der Waals surface area contributed by atoms with Crippen molar-refractivity contribution in [2.45, 2.75) is 32.4 Å². The monoisotopic (exact) mass is 436 g/mol. The smallest absolute Gasteiger partial charge is 0.239 e. The van der Waals surface area contributed by atoms with Crippen LogP contribution in [0.1, 0.15) is 25.3 Å². The minimum Gasteiger partial charge on any atom is -0.357 e. The Kier molecular flexibility index (Phi) is 8.55. The zero-order chi connectivity index (χ0) is 15.1. The van der Waals surface area contributed by atoms with Gasteiger partial charge in [0.15, 0.2) is 5.96 Å². The van der Waals surface area contributed by atoms with Crippen molar-refractivity contribution in [3.8, 4) is 0 Å². The lowest BCUT2D eigenvalue weighted by molar-refractivity contribution is -0.120. The van der Waals surface area contributed by atoms with Crippen LogP contribution in [-0.4, -0.2) is 31.0 Å². The number of carbonyl (C=O) groups excluding carboxylic acids is 1. The molecule has 1 amide bonds. The first-order valence-corrected chi connectivity index (χ1v) is 7.61. The number of hydrogen-bond donors (Lipinski definition) is 3. The molecule has 1 aliphatic carbocycles. The molecule has 0 radical (unpaired) electrons. The summed E-state index contributed by atoms with van der Waals surface area (Å²) >= 11 is 5.85. The SMILES string of the molecule is CCNC(=NCc1ccc(Cl)cc1)NCC(=O)NC1CC1.I. The Morgan fingerprint density at radius 2 is 1.95 bits per heavy atom. The second-order valence-corrected chi connectivity index (χ2v) is 5.45. The first-order valence-electron chi connectivity index (χ1n) is 7.23. The van der Waals surface area contributed by atoms with Crippen LogP contribution in [0.2, 0.25) is 5.02 Å². The summed E-state index contributed by atoms with van der Waals surface area (Å²) in [6.07, 6.45) is 2.19. The fourth-order valence-corrected chi connectivity index (χ4v) is 1.90. The zero-order valence-corrected chi connectivity index (χ0v) is 15.7. The summed E-state index contributed by atoms with van der Waals surface area (Å²) in [5, 5.41) is 9.80. The second kappa shape index (κ2) is 9.89. The van der Waals surface area contributed by atoms with Crippen LogP contribution >= 0.6 is 35.6 Å². The summed E-state index contributed by atoms with van der Waals surface area (Å²) in [4.78, 5) is 16.1. The molecule has 0 heterocycles. The number of nitrogens with one attached hydrogen (secondary N) is 3. The lowest BCUT2D eigenvalue weighted by atomic mass is 10.2. The van der Waals surface area contributed by atoms with Gasteiger partial charge in [0.25, 0.3) is 0 Å². The van der Waals surface area contributed by atoms with Gasteiger partial charge in [-0.1, -0.05) is 23.7 Å². The van der Waals surface area contributed by atoms with E-state index in [0.717, 1.165) is 24.9 Å². The summed E-state index contributed by atoms with van der Waals surface area (Å²) in [5.41, 5.74) is 1.07. The summed E-state index contributed by atoms with van der Waals surface area (Å²) in [6, 6.07) is 7.95. The molecule has 7 heteroatoms. The van der Waals surface area contributed by atoms with Crippen molar-refractivity contribution in [3.05, 3.63) is 34.9 Å². The highest BCUT2D eigenvalue weighted by atomic mass is 127. The van der Waals surface area contributed by atoms with Gasteiger partial charge in [-0.15, -0.1) is 24.0 Å². The molecule has 1 aliphatic rings. The zero-order valence-electron chi connectivity index (χ0n) is 12.6. The van der Waals surface area contributed by atoms with E-state index in [0.29, 0.717) is 23.6 Å². The molecule has 0 saturated heterocycles. The highest BCUT2D eigenvalue weighted by molar-refractivity contribution is 14.0. The second-order valence-electron chi connectivity index (χ2n) is 5.02. The van der Waals surface area contributed by atoms with Crippen molar-refractivity contribution in [2.24, 2.45) is 4.99 Å². The third kappa shape index (κ3) is 7.31. The Labute approximate surface area is 153 Å². The maximum Gasteiger partial charge on any atom is 0.239 e. The molecule has 0 spiro atoms. The molecular weight excluding hydrogens is 415 g/mol. The Balaban J connectivity index is 0.00000242. The maximum absolute atomic E-state index is 11.6. The van der Waals surface area contributed by atoms with E-state index in [4.69, 9.17) is 11.6 Å². The first kappa shape index (κ1) is 19.0. The van der Waals surface area contributed by atoms with Gasteiger partial charge in [-0.2, -0.15) is 0 Å². The molecule has 0 unspecified atom stereocenters. The van der Waals surface area contributed by atoms with E-state index in [1.165, 1.54) is 0 Å². The number of hydrogen-bond acceptors (Lipinski definition) is 2. The topological polar surface area (TPSA) is 65.5 Å². The van der Waals surface area contributed by atoms with Crippen molar-refractivity contribution in [3.63, 3.8) is 0 Å². The summed E-state index contributed by atoms with van der Waals surface area (Å²) in [7, 11) is 0. The third-order valence-corrected chi connectivity index (χ3v) is 3.29. The van der Waals surface area contributed by atoms with E-state index < -0.39 is 0 Å². The van der Waals surface area contributed by atoms with Crippen molar-refractivity contribution in [1.29, 1.82) is 0 Å². The summed E-state index contributed by atoms with van der Waals surface area (Å²) in [6.45, 7) is 3.51. The third-order valence-electron chi connectivity index (χ3n) is 3.04. The fraction of sp³-hybridized carbons (Fsp3) is 0.467. The molecule has 1 aromatic carbocycles. The average molecular weight is 437 g/mol. The molecule has 2 rings (SSSR count). The lowest BCUT2D eigenvalue weighted by Gasteiger charge is -2.11. The van der Waals surface area contributed by atoms with Crippen LogP contribution in [0, 0.1) is 0 Å². The van der Waals surface area contributed by atoms with Gasteiger partial charge in [-0.05, 0) is 37.5 Å². The average Bonchev–Trinajstić information content (AvgIpc) is 3.27. The van der Waals surface area contributed by atoms with E-state index in [2.05, 4.69) is 20.9 Å². The maximum atomic E-state index is 11.6. The molecule has 1 fully saturated rings. The van der Waals surface area contributed by atoms with Crippen LogP contribution < -0.4 is 16.0 Å². The predicted molar refractivity (Wildman–Crippen MR) is 101 cm³/mol. The fourth-order valence-electron chi connectivity index (χ4n) is 1.77. The molecule has 0 aliphatic heterocycles. The van der Waals surface area contributed by atoms with E-state index in [1.807, 2.05) is 31.2 Å². The van der Waals surface area contributed by atoms with Crippen molar-refractivity contribution >= 4 is 47.4 Å². The Morgan fingerprint density at radius 1 is 1.27 bits per heavy atom.